The highest BCUT2D eigenvalue weighted by Gasteiger charge is 2.57. The topological polar surface area (TPSA) is 169 Å². The molecule has 2 aliphatic heterocycles. The van der Waals surface area contributed by atoms with Crippen LogP contribution in [0.1, 0.15) is 83.3 Å². The predicted molar refractivity (Wildman–Crippen MR) is 185 cm³/mol. The van der Waals surface area contributed by atoms with E-state index in [0.29, 0.717) is 19.3 Å². The largest absolute Gasteiger partial charge is 0.496 e. The third-order valence-electron chi connectivity index (χ3n) is 10.5. The zero-order valence-electron chi connectivity index (χ0n) is 29.4. The summed E-state index contributed by atoms with van der Waals surface area (Å²) in [5.74, 6) is -1.11. The highest BCUT2D eigenvalue weighted by atomic mass is 32.2. The summed E-state index contributed by atoms with van der Waals surface area (Å²) in [6.07, 6.45) is 3.89. The maximum absolute atomic E-state index is 14.6. The number of sulfonamides is 1. The average Bonchev–Trinajstić information content (AvgIpc) is 4.01. The lowest BCUT2D eigenvalue weighted by Crippen LogP contribution is -2.59. The summed E-state index contributed by atoms with van der Waals surface area (Å²) in [4.78, 5) is 56.5. The van der Waals surface area contributed by atoms with Crippen LogP contribution in [0.2, 0.25) is 0 Å². The maximum Gasteiger partial charge on any atom is 0.407 e. The molecule has 13 nitrogen and oxygen atoms in total. The number of carbonyl (C=O) groups is 4. The summed E-state index contributed by atoms with van der Waals surface area (Å²) in [6.45, 7) is 5.60. The first-order valence-corrected chi connectivity index (χ1v) is 18.9. The van der Waals surface area contributed by atoms with Gasteiger partial charge in [0.2, 0.25) is 21.8 Å². The molecule has 272 valence electrons. The molecule has 1 saturated heterocycles. The number of rotatable bonds is 7. The Morgan fingerprint density at radius 3 is 2.40 bits per heavy atom. The van der Waals surface area contributed by atoms with Crippen molar-refractivity contribution < 1.29 is 41.8 Å². The Kier molecular flexibility index (Phi) is 9.57. The van der Waals surface area contributed by atoms with E-state index in [2.05, 4.69) is 21.4 Å². The van der Waals surface area contributed by atoms with E-state index in [0.717, 1.165) is 46.9 Å². The van der Waals surface area contributed by atoms with Gasteiger partial charge in [0.05, 0.1) is 25.5 Å². The van der Waals surface area contributed by atoms with Gasteiger partial charge in [-0.05, 0) is 96.9 Å². The van der Waals surface area contributed by atoms with Crippen molar-refractivity contribution in [2.75, 3.05) is 27.4 Å². The molecule has 0 spiro atoms. The standard InChI is InChI=1S/C36H48N4O9S/c1-34(2,3)29-31(42)40-21-36(48-5,20-27(40)30(41)38-35(14-15-35)32(43)39-50(45,46)26-12-13-26)25-11-10-22-19-28(47-4)23(17-24(22)18-25)9-7-6-8-16-49-33(44)37-29/h10-11,17-19,26-27,29H,6-9,12-16,20-21H2,1-5H3,(H,37,44)(H,38,41)(H,39,43)/t27-,29+,36-/m0/s1. The second-order valence-electron chi connectivity index (χ2n) is 15.2. The van der Waals surface area contributed by atoms with Crippen LogP contribution >= 0.6 is 0 Å². The second-order valence-corrected chi connectivity index (χ2v) is 17.2. The third kappa shape index (κ3) is 7.14. The van der Waals surface area contributed by atoms with E-state index >= 15 is 0 Å². The van der Waals surface area contributed by atoms with E-state index in [4.69, 9.17) is 14.2 Å². The van der Waals surface area contributed by atoms with Gasteiger partial charge in [-0.15, -0.1) is 0 Å². The summed E-state index contributed by atoms with van der Waals surface area (Å²) in [5, 5.41) is 6.88. The highest BCUT2D eigenvalue weighted by Crippen LogP contribution is 2.43. The van der Waals surface area contributed by atoms with E-state index < -0.39 is 67.7 Å². The zero-order chi connectivity index (χ0) is 36.1. The number of cyclic esters (lactones) is 1. The molecule has 5 bridgehead atoms. The molecule has 4 aliphatic rings. The van der Waals surface area contributed by atoms with Crippen LogP contribution in [0.3, 0.4) is 0 Å². The average molecular weight is 713 g/mol. The molecule has 3 fully saturated rings. The van der Waals surface area contributed by atoms with Crippen molar-refractivity contribution in [2.45, 2.75) is 107 Å². The van der Waals surface area contributed by atoms with Crippen LogP contribution in [-0.2, 0) is 45.9 Å². The predicted octanol–water partition coefficient (Wildman–Crippen LogP) is 3.42. The number of ether oxygens (including phenoxy) is 3. The van der Waals surface area contributed by atoms with Gasteiger partial charge in [-0.2, -0.15) is 0 Å². The van der Waals surface area contributed by atoms with Gasteiger partial charge in [-0.1, -0.05) is 32.9 Å². The maximum atomic E-state index is 14.6. The molecule has 0 aromatic heterocycles. The summed E-state index contributed by atoms with van der Waals surface area (Å²) in [6, 6.07) is 7.82. The lowest BCUT2D eigenvalue weighted by Gasteiger charge is -2.35. The van der Waals surface area contributed by atoms with E-state index in [1.165, 1.54) is 12.0 Å². The normalized spacial score (nSPS) is 25.7. The Hall–Kier alpha value is -3.91. The zero-order valence-corrected chi connectivity index (χ0v) is 30.2. The summed E-state index contributed by atoms with van der Waals surface area (Å²) < 4.78 is 44.7. The molecule has 4 amide bonds. The monoisotopic (exact) mass is 712 g/mol. The Labute approximate surface area is 293 Å². The van der Waals surface area contributed by atoms with E-state index in [-0.39, 0.29) is 32.4 Å². The number of fused-ring (bicyclic) bond motifs is 5. The number of methoxy groups -OCH3 is 2. The van der Waals surface area contributed by atoms with Crippen molar-refractivity contribution in [1.29, 1.82) is 0 Å². The van der Waals surface area contributed by atoms with E-state index in [1.807, 2.05) is 45.0 Å². The number of hydrogen-bond donors (Lipinski definition) is 3. The molecule has 2 heterocycles. The minimum atomic E-state index is -3.83. The third-order valence-corrected chi connectivity index (χ3v) is 12.3. The molecule has 2 aromatic carbocycles. The molecular weight excluding hydrogens is 664 g/mol. The van der Waals surface area contributed by atoms with E-state index in [9.17, 15) is 27.6 Å². The lowest BCUT2D eigenvalue weighted by atomic mass is 9.85. The minimum absolute atomic E-state index is 0.0203. The Bertz CT molecular complexity index is 1800. The Morgan fingerprint density at radius 1 is 1.02 bits per heavy atom. The van der Waals surface area contributed by atoms with Gasteiger partial charge < -0.3 is 29.7 Å². The van der Waals surface area contributed by atoms with Crippen molar-refractivity contribution in [3.05, 3.63) is 41.5 Å². The van der Waals surface area contributed by atoms with Gasteiger partial charge in [0.25, 0.3) is 5.91 Å². The van der Waals surface area contributed by atoms with Crippen LogP contribution in [0.4, 0.5) is 4.79 Å². The van der Waals surface area contributed by atoms with Gasteiger partial charge in [0.1, 0.15) is 29.0 Å². The van der Waals surface area contributed by atoms with Crippen molar-refractivity contribution in [1.82, 2.24) is 20.3 Å². The molecule has 14 heteroatoms. The molecule has 2 saturated carbocycles. The van der Waals surface area contributed by atoms with Crippen molar-refractivity contribution in [2.24, 2.45) is 5.41 Å². The number of carbonyl (C=O) groups excluding carboxylic acids is 4. The number of amides is 4. The van der Waals surface area contributed by atoms with Gasteiger partial charge >= 0.3 is 6.09 Å². The minimum Gasteiger partial charge on any atom is -0.496 e. The number of aryl methyl sites for hydroxylation is 1. The number of nitrogens with one attached hydrogen (secondary N) is 3. The Balaban J connectivity index is 1.39. The summed E-state index contributed by atoms with van der Waals surface area (Å²) in [5.41, 5.74) is -1.51. The Morgan fingerprint density at radius 2 is 1.76 bits per heavy atom. The SMILES string of the molecule is COc1cc2ccc3cc2cc1CCCCCOC(=O)N[C@@H](C(C)(C)C)C(=O)N1C[C@@]3(OC)C[C@H]1C(=O)NC1(C(=O)NS(=O)(=O)C2CC2)CC1. The summed E-state index contributed by atoms with van der Waals surface area (Å²) in [7, 11) is -0.652. The van der Waals surface area contributed by atoms with Gasteiger partial charge in [0.15, 0.2) is 0 Å². The van der Waals surface area contributed by atoms with Crippen molar-refractivity contribution >= 4 is 44.6 Å². The number of alkyl carbamates (subject to hydrolysis) is 1. The van der Waals surface area contributed by atoms with Crippen LogP contribution in [0.5, 0.6) is 5.75 Å². The van der Waals surface area contributed by atoms with Gasteiger partial charge in [-0.3, -0.25) is 19.1 Å². The molecule has 3 atom stereocenters. The van der Waals surface area contributed by atoms with Gasteiger partial charge in [-0.25, -0.2) is 13.2 Å². The van der Waals surface area contributed by atoms with Crippen molar-refractivity contribution in [3.63, 3.8) is 0 Å². The fraction of sp³-hybridized carbons (Fsp3) is 0.611. The first-order chi connectivity index (χ1) is 23.6. The fourth-order valence-electron chi connectivity index (χ4n) is 7.08. The van der Waals surface area contributed by atoms with Crippen LogP contribution < -0.4 is 20.1 Å². The molecule has 2 aliphatic carbocycles. The van der Waals surface area contributed by atoms with Crippen LogP contribution in [0.25, 0.3) is 10.8 Å². The first-order valence-electron chi connectivity index (χ1n) is 17.4. The van der Waals surface area contributed by atoms with E-state index in [1.54, 1.807) is 7.11 Å². The lowest BCUT2D eigenvalue weighted by molar-refractivity contribution is -0.143. The second kappa shape index (κ2) is 13.3. The number of nitrogens with zero attached hydrogens (tertiary/aromatic N) is 1. The van der Waals surface area contributed by atoms with Crippen LogP contribution in [0.15, 0.2) is 30.3 Å². The smallest absolute Gasteiger partial charge is 0.407 e. The molecule has 50 heavy (non-hydrogen) atoms. The van der Waals surface area contributed by atoms with Gasteiger partial charge in [0, 0.05) is 13.5 Å². The van der Waals surface area contributed by atoms with Crippen LogP contribution in [-0.4, -0.2) is 87.4 Å². The first kappa shape index (κ1) is 35.9. The van der Waals surface area contributed by atoms with Crippen LogP contribution in [0, 0.1) is 5.41 Å². The molecule has 0 unspecified atom stereocenters. The summed E-state index contributed by atoms with van der Waals surface area (Å²) >= 11 is 0. The number of benzene rings is 2. The quantitative estimate of drug-likeness (QED) is 0.390. The molecule has 2 aromatic rings. The molecular formula is C36H48N4O9S. The molecule has 0 radical (unpaired) electrons. The number of hydrogen-bond acceptors (Lipinski definition) is 9. The fourth-order valence-corrected chi connectivity index (χ4v) is 8.46. The van der Waals surface area contributed by atoms with Crippen molar-refractivity contribution in [3.8, 4) is 5.75 Å². The molecule has 6 rings (SSSR count). The molecule has 3 N–H and O–H groups in total. The highest BCUT2D eigenvalue weighted by molar-refractivity contribution is 7.91.